The van der Waals surface area contributed by atoms with Crippen molar-refractivity contribution in [1.82, 2.24) is 5.32 Å². The van der Waals surface area contributed by atoms with Gasteiger partial charge in [0.2, 0.25) is 5.91 Å². The van der Waals surface area contributed by atoms with Crippen molar-refractivity contribution in [3.63, 3.8) is 0 Å². The van der Waals surface area contributed by atoms with Crippen molar-refractivity contribution in [2.75, 3.05) is 0 Å². The minimum Gasteiger partial charge on any atom is -0.469 e. The zero-order chi connectivity index (χ0) is 14.0. The van der Waals surface area contributed by atoms with Crippen LogP contribution < -0.4 is 5.32 Å². The van der Waals surface area contributed by atoms with E-state index in [1.165, 1.54) is 0 Å². The molecule has 3 nitrogen and oxygen atoms in total. The van der Waals surface area contributed by atoms with Crippen LogP contribution in [0.1, 0.15) is 31.1 Å². The van der Waals surface area contributed by atoms with Crippen molar-refractivity contribution >= 4 is 5.91 Å². The van der Waals surface area contributed by atoms with Gasteiger partial charge in [-0.15, -0.1) is 0 Å². The molecule has 0 aliphatic heterocycles. The van der Waals surface area contributed by atoms with Crippen LogP contribution in [-0.4, -0.2) is 11.9 Å². The maximum Gasteiger partial charge on any atom is 0.230 e. The summed E-state index contributed by atoms with van der Waals surface area (Å²) in [4.78, 5) is 12.5. The molecule has 1 aromatic heterocycles. The summed E-state index contributed by atoms with van der Waals surface area (Å²) in [6.07, 6.45) is 4.27. The first kappa shape index (κ1) is 13.0. The summed E-state index contributed by atoms with van der Waals surface area (Å²) >= 11 is 0. The number of carbonyl (C=O) groups is 1. The number of carbonyl (C=O) groups excluding carboxylic acids is 1. The lowest BCUT2D eigenvalue weighted by Crippen LogP contribution is -2.41. The van der Waals surface area contributed by atoms with Crippen molar-refractivity contribution in [1.29, 1.82) is 0 Å². The van der Waals surface area contributed by atoms with Gasteiger partial charge in [-0.3, -0.25) is 4.79 Å². The van der Waals surface area contributed by atoms with Crippen LogP contribution in [-0.2, 0) is 16.6 Å². The molecule has 1 atom stereocenters. The highest BCUT2D eigenvalue weighted by Gasteiger charge is 2.51. The third-order valence-corrected chi connectivity index (χ3v) is 3.98. The van der Waals surface area contributed by atoms with Gasteiger partial charge in [-0.05, 0) is 37.5 Å². The molecule has 1 aliphatic rings. The molecule has 1 aliphatic carbocycles. The van der Waals surface area contributed by atoms with Crippen LogP contribution in [0.5, 0.6) is 0 Å². The van der Waals surface area contributed by atoms with Crippen LogP contribution in [0.4, 0.5) is 0 Å². The van der Waals surface area contributed by atoms with Crippen LogP contribution in [0.15, 0.2) is 53.1 Å². The van der Waals surface area contributed by atoms with Crippen LogP contribution in [0.2, 0.25) is 0 Å². The average Bonchev–Trinajstić information content (AvgIpc) is 3.13. The first-order valence-corrected chi connectivity index (χ1v) is 7.09. The van der Waals surface area contributed by atoms with E-state index in [0.29, 0.717) is 0 Å². The van der Waals surface area contributed by atoms with E-state index < -0.39 is 0 Å². The zero-order valence-corrected chi connectivity index (χ0v) is 11.6. The van der Waals surface area contributed by atoms with Crippen LogP contribution in [0, 0.1) is 0 Å². The Hall–Kier alpha value is -2.03. The number of nitrogens with one attached hydrogen (secondary N) is 1. The second-order valence-corrected chi connectivity index (χ2v) is 5.61. The lowest BCUT2D eigenvalue weighted by atomic mass is 9.94. The molecule has 104 valence electrons. The minimum atomic E-state index is -0.293. The molecular weight excluding hydrogens is 250 g/mol. The quantitative estimate of drug-likeness (QED) is 0.906. The monoisotopic (exact) mass is 269 g/mol. The molecule has 1 heterocycles. The normalized spacial score (nSPS) is 17.4. The standard InChI is InChI=1S/C17H19NO2/c1-13(12-15-8-5-11-20-15)18-16(19)17(9-10-17)14-6-3-2-4-7-14/h2-8,11,13H,9-10,12H2,1H3,(H,18,19)/t13-/m1/s1. The Morgan fingerprint density at radius 1 is 1.25 bits per heavy atom. The van der Waals surface area contributed by atoms with Crippen LogP contribution in [0.25, 0.3) is 0 Å². The largest absolute Gasteiger partial charge is 0.469 e. The molecule has 1 N–H and O–H groups in total. The van der Waals surface area contributed by atoms with Gasteiger partial charge in [0.1, 0.15) is 5.76 Å². The molecular formula is C17H19NO2. The van der Waals surface area contributed by atoms with Gasteiger partial charge in [-0.25, -0.2) is 0 Å². The van der Waals surface area contributed by atoms with Gasteiger partial charge < -0.3 is 9.73 Å². The lowest BCUT2D eigenvalue weighted by Gasteiger charge is -2.19. The summed E-state index contributed by atoms with van der Waals surface area (Å²) in [5.74, 6) is 1.05. The molecule has 3 rings (SSSR count). The molecule has 3 heteroatoms. The van der Waals surface area contributed by atoms with E-state index in [4.69, 9.17) is 4.42 Å². The van der Waals surface area contributed by atoms with Gasteiger partial charge in [0, 0.05) is 12.5 Å². The second kappa shape index (κ2) is 5.16. The lowest BCUT2D eigenvalue weighted by molar-refractivity contribution is -0.124. The van der Waals surface area contributed by atoms with E-state index in [1.807, 2.05) is 49.4 Å². The number of benzene rings is 1. The third-order valence-electron chi connectivity index (χ3n) is 3.98. The van der Waals surface area contributed by atoms with Crippen molar-refractivity contribution in [3.05, 3.63) is 60.1 Å². The van der Waals surface area contributed by atoms with Crippen molar-refractivity contribution in [2.24, 2.45) is 0 Å². The van der Waals surface area contributed by atoms with Gasteiger partial charge in [0.05, 0.1) is 11.7 Å². The van der Waals surface area contributed by atoms with Gasteiger partial charge in [-0.2, -0.15) is 0 Å². The highest BCUT2D eigenvalue weighted by Crippen LogP contribution is 2.48. The van der Waals surface area contributed by atoms with E-state index >= 15 is 0 Å². The van der Waals surface area contributed by atoms with E-state index in [0.717, 1.165) is 30.6 Å². The van der Waals surface area contributed by atoms with E-state index in [1.54, 1.807) is 6.26 Å². The number of hydrogen-bond acceptors (Lipinski definition) is 2. The van der Waals surface area contributed by atoms with Crippen LogP contribution >= 0.6 is 0 Å². The Labute approximate surface area is 119 Å². The summed E-state index contributed by atoms with van der Waals surface area (Å²) in [6, 6.07) is 14.0. The first-order chi connectivity index (χ1) is 9.71. The SMILES string of the molecule is C[C@H](Cc1ccco1)NC(=O)C1(c2ccccc2)CC1. The molecule has 1 aromatic carbocycles. The topological polar surface area (TPSA) is 42.2 Å². The summed E-state index contributed by atoms with van der Waals surface area (Å²) < 4.78 is 5.32. The molecule has 20 heavy (non-hydrogen) atoms. The van der Waals surface area contributed by atoms with Crippen LogP contribution in [0.3, 0.4) is 0 Å². The van der Waals surface area contributed by atoms with E-state index in [9.17, 15) is 4.79 Å². The molecule has 1 saturated carbocycles. The van der Waals surface area contributed by atoms with Crippen molar-refractivity contribution < 1.29 is 9.21 Å². The Balaban J connectivity index is 1.65. The highest BCUT2D eigenvalue weighted by molar-refractivity contribution is 5.91. The fraction of sp³-hybridized carbons (Fsp3) is 0.353. The maximum atomic E-state index is 12.5. The molecule has 0 saturated heterocycles. The fourth-order valence-electron chi connectivity index (χ4n) is 2.67. The Bertz CT molecular complexity index is 570. The molecule has 0 bridgehead atoms. The van der Waals surface area contributed by atoms with Gasteiger partial charge in [0.15, 0.2) is 0 Å². The summed E-state index contributed by atoms with van der Waals surface area (Å²) in [5, 5.41) is 3.12. The summed E-state index contributed by atoms with van der Waals surface area (Å²) in [7, 11) is 0. The summed E-state index contributed by atoms with van der Waals surface area (Å²) in [5.41, 5.74) is 0.835. The van der Waals surface area contributed by atoms with Crippen molar-refractivity contribution in [2.45, 2.75) is 37.6 Å². The van der Waals surface area contributed by atoms with Crippen molar-refractivity contribution in [3.8, 4) is 0 Å². The average molecular weight is 269 g/mol. The first-order valence-electron chi connectivity index (χ1n) is 7.09. The van der Waals surface area contributed by atoms with Gasteiger partial charge in [-0.1, -0.05) is 30.3 Å². The predicted molar refractivity (Wildman–Crippen MR) is 77.4 cm³/mol. The predicted octanol–water partition coefficient (Wildman–Crippen LogP) is 3.06. The number of furan rings is 1. The van der Waals surface area contributed by atoms with Gasteiger partial charge in [0.25, 0.3) is 0 Å². The second-order valence-electron chi connectivity index (χ2n) is 5.61. The number of rotatable bonds is 5. The maximum absolute atomic E-state index is 12.5. The third kappa shape index (κ3) is 2.48. The molecule has 0 spiro atoms. The zero-order valence-electron chi connectivity index (χ0n) is 11.6. The molecule has 1 amide bonds. The Morgan fingerprint density at radius 3 is 2.60 bits per heavy atom. The highest BCUT2D eigenvalue weighted by atomic mass is 16.3. The Morgan fingerprint density at radius 2 is 2.00 bits per heavy atom. The Kier molecular flexibility index (Phi) is 3.35. The number of amides is 1. The van der Waals surface area contributed by atoms with E-state index in [2.05, 4.69) is 5.32 Å². The summed E-state index contributed by atoms with van der Waals surface area (Å²) in [6.45, 7) is 2.02. The van der Waals surface area contributed by atoms with Gasteiger partial charge >= 0.3 is 0 Å². The van der Waals surface area contributed by atoms with E-state index in [-0.39, 0.29) is 17.4 Å². The molecule has 2 aromatic rings. The molecule has 1 fully saturated rings. The smallest absolute Gasteiger partial charge is 0.230 e. The fourth-order valence-corrected chi connectivity index (χ4v) is 2.67. The molecule has 0 radical (unpaired) electrons. The number of hydrogen-bond donors (Lipinski definition) is 1. The minimum absolute atomic E-state index is 0.0786. The molecule has 0 unspecified atom stereocenters.